The Hall–Kier alpha value is -1.42. The van der Waals surface area contributed by atoms with Gasteiger partial charge in [0.2, 0.25) is 0 Å². The van der Waals surface area contributed by atoms with E-state index in [1.54, 1.807) is 17.1 Å². The van der Waals surface area contributed by atoms with Gasteiger partial charge in [-0.25, -0.2) is 4.68 Å². The topological polar surface area (TPSA) is 43.6 Å². The van der Waals surface area contributed by atoms with E-state index >= 15 is 0 Å². The van der Waals surface area contributed by atoms with Crippen molar-refractivity contribution in [2.75, 3.05) is 0 Å². The van der Waals surface area contributed by atoms with Gasteiger partial charge in [0.1, 0.15) is 5.69 Å². The number of nitrogens with zero attached hydrogens (tertiary/aromatic N) is 4. The number of pyridine rings is 1. The Morgan fingerprint density at radius 1 is 1.53 bits per heavy atom. The highest BCUT2D eigenvalue weighted by atomic mass is 35.5. The quantitative estimate of drug-likeness (QED) is 0.749. The maximum atomic E-state index is 6.06. The molecule has 0 N–H and O–H groups in total. The van der Waals surface area contributed by atoms with E-state index in [4.69, 9.17) is 11.6 Å². The third-order valence-corrected chi connectivity index (χ3v) is 2.63. The molecule has 2 aromatic heterocycles. The van der Waals surface area contributed by atoms with Crippen molar-refractivity contribution in [1.82, 2.24) is 20.0 Å². The van der Waals surface area contributed by atoms with E-state index in [-0.39, 0.29) is 5.38 Å². The van der Waals surface area contributed by atoms with E-state index in [0.717, 1.165) is 17.8 Å². The first-order valence-electron chi connectivity index (χ1n) is 4.78. The van der Waals surface area contributed by atoms with Crippen LogP contribution >= 0.6 is 11.6 Å². The monoisotopic (exact) mass is 222 g/mol. The standard InChI is InChI=1S/C10H11ClN4/c1-2-9(11)10-7-15(14-13-10)8-4-3-5-12-6-8/h3-7,9H,2H2,1H3. The van der Waals surface area contributed by atoms with Crippen LogP contribution in [0.4, 0.5) is 0 Å². The van der Waals surface area contributed by atoms with Gasteiger partial charge in [-0.3, -0.25) is 4.98 Å². The average molecular weight is 223 g/mol. The van der Waals surface area contributed by atoms with E-state index in [1.165, 1.54) is 0 Å². The lowest BCUT2D eigenvalue weighted by Crippen LogP contribution is -1.94. The third kappa shape index (κ3) is 2.15. The number of alkyl halides is 1. The van der Waals surface area contributed by atoms with Crippen molar-refractivity contribution in [3.63, 3.8) is 0 Å². The summed E-state index contributed by atoms with van der Waals surface area (Å²) in [6.45, 7) is 2.01. The molecule has 5 heteroatoms. The molecule has 78 valence electrons. The fourth-order valence-corrected chi connectivity index (χ4v) is 1.34. The molecule has 0 aliphatic carbocycles. The molecule has 15 heavy (non-hydrogen) atoms. The SMILES string of the molecule is CCC(Cl)c1cn(-c2cccnc2)nn1. The number of aromatic nitrogens is 4. The molecule has 0 bridgehead atoms. The van der Waals surface area contributed by atoms with Gasteiger partial charge in [-0.05, 0) is 18.6 Å². The summed E-state index contributed by atoms with van der Waals surface area (Å²) in [7, 11) is 0. The molecule has 2 heterocycles. The molecule has 4 nitrogen and oxygen atoms in total. The summed E-state index contributed by atoms with van der Waals surface area (Å²) in [6, 6.07) is 3.77. The molecule has 1 unspecified atom stereocenters. The Kier molecular flexibility index (Phi) is 2.97. The van der Waals surface area contributed by atoms with Crippen molar-refractivity contribution in [2.45, 2.75) is 18.7 Å². The molecule has 2 aromatic rings. The van der Waals surface area contributed by atoms with Crippen LogP contribution in [-0.2, 0) is 0 Å². The van der Waals surface area contributed by atoms with E-state index < -0.39 is 0 Å². The van der Waals surface area contributed by atoms with Gasteiger partial charge in [-0.15, -0.1) is 16.7 Å². The second kappa shape index (κ2) is 4.40. The van der Waals surface area contributed by atoms with Crippen LogP contribution in [-0.4, -0.2) is 20.0 Å². The minimum absolute atomic E-state index is 0.0737. The molecule has 0 spiro atoms. The van der Waals surface area contributed by atoms with Gasteiger partial charge >= 0.3 is 0 Å². The summed E-state index contributed by atoms with van der Waals surface area (Å²) in [4.78, 5) is 4.01. The Balaban J connectivity index is 2.28. The zero-order valence-electron chi connectivity index (χ0n) is 8.34. The summed E-state index contributed by atoms with van der Waals surface area (Å²) in [6.07, 6.45) is 6.12. The predicted molar refractivity (Wildman–Crippen MR) is 58.0 cm³/mol. The van der Waals surface area contributed by atoms with Crippen LogP contribution in [0.2, 0.25) is 0 Å². The van der Waals surface area contributed by atoms with Crippen LogP contribution in [0.5, 0.6) is 0 Å². The number of hydrogen-bond donors (Lipinski definition) is 0. The number of hydrogen-bond acceptors (Lipinski definition) is 3. The number of rotatable bonds is 3. The Morgan fingerprint density at radius 2 is 2.40 bits per heavy atom. The molecule has 2 rings (SSSR count). The van der Waals surface area contributed by atoms with Gasteiger partial charge < -0.3 is 0 Å². The van der Waals surface area contributed by atoms with Crippen LogP contribution in [0.3, 0.4) is 0 Å². The summed E-state index contributed by atoms with van der Waals surface area (Å²) in [5, 5.41) is 7.94. The molecule has 0 saturated heterocycles. The molecule has 0 aliphatic rings. The van der Waals surface area contributed by atoms with E-state index in [2.05, 4.69) is 15.3 Å². The van der Waals surface area contributed by atoms with Gasteiger partial charge in [0.25, 0.3) is 0 Å². The predicted octanol–water partition coefficient (Wildman–Crippen LogP) is 2.35. The summed E-state index contributed by atoms with van der Waals surface area (Å²) in [5.74, 6) is 0. The summed E-state index contributed by atoms with van der Waals surface area (Å²) < 4.78 is 1.67. The van der Waals surface area contributed by atoms with Gasteiger partial charge in [0.15, 0.2) is 0 Å². The van der Waals surface area contributed by atoms with Crippen molar-refractivity contribution in [3.8, 4) is 5.69 Å². The highest BCUT2D eigenvalue weighted by Crippen LogP contribution is 2.21. The van der Waals surface area contributed by atoms with Crippen molar-refractivity contribution in [2.24, 2.45) is 0 Å². The Bertz CT molecular complexity index is 426. The molecule has 0 aromatic carbocycles. The smallest absolute Gasteiger partial charge is 0.101 e. The second-order valence-electron chi connectivity index (χ2n) is 3.17. The van der Waals surface area contributed by atoms with E-state index in [9.17, 15) is 0 Å². The van der Waals surface area contributed by atoms with Crippen molar-refractivity contribution in [3.05, 3.63) is 36.4 Å². The Morgan fingerprint density at radius 3 is 3.07 bits per heavy atom. The van der Waals surface area contributed by atoms with Gasteiger partial charge in [-0.1, -0.05) is 12.1 Å². The van der Waals surface area contributed by atoms with Crippen LogP contribution < -0.4 is 0 Å². The molecule has 0 aliphatic heterocycles. The number of halogens is 1. The molecular weight excluding hydrogens is 212 g/mol. The van der Waals surface area contributed by atoms with Crippen molar-refractivity contribution < 1.29 is 0 Å². The second-order valence-corrected chi connectivity index (χ2v) is 3.70. The first-order valence-corrected chi connectivity index (χ1v) is 5.21. The largest absolute Gasteiger partial charge is 0.262 e. The van der Waals surface area contributed by atoms with Crippen LogP contribution in [0.25, 0.3) is 5.69 Å². The maximum absolute atomic E-state index is 6.06. The van der Waals surface area contributed by atoms with Crippen LogP contribution in [0.15, 0.2) is 30.7 Å². The molecule has 0 saturated carbocycles. The first kappa shape index (κ1) is 10.1. The zero-order valence-corrected chi connectivity index (χ0v) is 9.09. The van der Waals surface area contributed by atoms with Gasteiger partial charge in [0, 0.05) is 6.20 Å². The highest BCUT2D eigenvalue weighted by Gasteiger charge is 2.10. The summed E-state index contributed by atoms with van der Waals surface area (Å²) in [5.41, 5.74) is 1.68. The summed E-state index contributed by atoms with van der Waals surface area (Å²) >= 11 is 6.06. The normalized spacial score (nSPS) is 12.7. The molecule has 1 atom stereocenters. The fraction of sp³-hybridized carbons (Fsp3) is 0.300. The van der Waals surface area contributed by atoms with Gasteiger partial charge in [0.05, 0.1) is 23.5 Å². The molecule has 0 amide bonds. The lowest BCUT2D eigenvalue weighted by atomic mass is 10.3. The third-order valence-electron chi connectivity index (χ3n) is 2.10. The first-order chi connectivity index (χ1) is 7.31. The average Bonchev–Trinajstić information content (AvgIpc) is 2.78. The van der Waals surface area contributed by atoms with Crippen molar-refractivity contribution >= 4 is 11.6 Å². The Labute approximate surface area is 92.9 Å². The van der Waals surface area contributed by atoms with Crippen molar-refractivity contribution in [1.29, 1.82) is 0 Å². The lowest BCUT2D eigenvalue weighted by molar-refractivity contribution is 0.783. The highest BCUT2D eigenvalue weighted by molar-refractivity contribution is 6.20. The van der Waals surface area contributed by atoms with Gasteiger partial charge in [-0.2, -0.15) is 0 Å². The fourth-order valence-electron chi connectivity index (χ4n) is 1.24. The minimum Gasteiger partial charge on any atom is -0.262 e. The van der Waals surface area contributed by atoms with E-state index in [1.807, 2.05) is 25.3 Å². The van der Waals surface area contributed by atoms with Crippen LogP contribution in [0, 0.1) is 0 Å². The van der Waals surface area contributed by atoms with Crippen LogP contribution in [0.1, 0.15) is 24.4 Å². The molecule has 0 radical (unpaired) electrons. The zero-order chi connectivity index (χ0) is 10.7. The maximum Gasteiger partial charge on any atom is 0.101 e. The van der Waals surface area contributed by atoms with E-state index in [0.29, 0.717) is 0 Å². The minimum atomic E-state index is -0.0737. The lowest BCUT2D eigenvalue weighted by Gasteiger charge is -1.99. The molecular formula is C10H11ClN4. The molecule has 0 fully saturated rings.